The Morgan fingerprint density at radius 3 is 2.54 bits per heavy atom. The number of likely N-dealkylation sites (N-methyl/N-ethyl adjacent to an activating group) is 1. The van der Waals surface area contributed by atoms with E-state index in [9.17, 15) is 18.0 Å². The van der Waals surface area contributed by atoms with Crippen LogP contribution in [0.4, 0.5) is 13.2 Å². The summed E-state index contributed by atoms with van der Waals surface area (Å²) in [6.07, 6.45) is -3.54. The Hall–Kier alpha value is -1.72. The Kier molecular flexibility index (Phi) is 11.9. The first-order valence-electron chi connectivity index (χ1n) is 8.63. The number of carbonyl (C=O) groups is 1. The van der Waals surface area contributed by atoms with Crippen molar-refractivity contribution in [3.05, 3.63) is 29.3 Å². The molecule has 0 heterocycles. The van der Waals surface area contributed by atoms with E-state index in [0.29, 0.717) is 24.0 Å². The van der Waals surface area contributed by atoms with Crippen molar-refractivity contribution in [1.82, 2.24) is 15.5 Å². The minimum Gasteiger partial charge on any atom is -0.493 e. The highest BCUT2D eigenvalue weighted by Crippen LogP contribution is 2.20. The average Bonchev–Trinajstić information content (AvgIpc) is 2.59. The van der Waals surface area contributed by atoms with Crippen LogP contribution >= 0.6 is 24.0 Å². The van der Waals surface area contributed by atoms with E-state index in [1.165, 1.54) is 7.05 Å². The molecule has 160 valence electrons. The predicted molar refractivity (Wildman–Crippen MR) is 114 cm³/mol. The zero-order valence-corrected chi connectivity index (χ0v) is 18.9. The van der Waals surface area contributed by atoms with Crippen LogP contribution in [0.3, 0.4) is 0 Å². The third-order valence-corrected chi connectivity index (χ3v) is 3.60. The van der Waals surface area contributed by atoms with Gasteiger partial charge in [0.2, 0.25) is 5.91 Å². The Morgan fingerprint density at radius 2 is 1.96 bits per heavy atom. The lowest BCUT2D eigenvalue weighted by atomic mass is 10.1. The molecule has 0 aliphatic carbocycles. The number of benzene rings is 1. The third-order valence-electron chi connectivity index (χ3n) is 3.60. The molecule has 0 atom stereocenters. The molecular weight excluding hydrogens is 488 g/mol. The third kappa shape index (κ3) is 10.00. The zero-order chi connectivity index (χ0) is 20.4. The lowest BCUT2D eigenvalue weighted by Gasteiger charge is -2.20. The molecule has 0 saturated carbocycles. The Morgan fingerprint density at radius 1 is 1.29 bits per heavy atom. The average molecular weight is 516 g/mol. The molecule has 0 aromatic heterocycles. The van der Waals surface area contributed by atoms with Gasteiger partial charge in [-0.1, -0.05) is 19.1 Å². The van der Waals surface area contributed by atoms with Crippen LogP contribution in [0, 0.1) is 6.92 Å². The summed E-state index contributed by atoms with van der Waals surface area (Å²) in [5.41, 5.74) is 1.99. The highest BCUT2D eigenvalue weighted by atomic mass is 127. The summed E-state index contributed by atoms with van der Waals surface area (Å²) in [5, 5.41) is 5.75. The van der Waals surface area contributed by atoms with E-state index in [4.69, 9.17) is 4.74 Å². The minimum atomic E-state index is -4.43. The molecule has 0 saturated heterocycles. The number of halogens is 4. The fourth-order valence-electron chi connectivity index (χ4n) is 2.21. The van der Waals surface area contributed by atoms with E-state index in [1.54, 1.807) is 0 Å². The number of alkyl halides is 3. The molecule has 10 heteroatoms. The van der Waals surface area contributed by atoms with Gasteiger partial charge in [0, 0.05) is 26.2 Å². The lowest BCUT2D eigenvalue weighted by Crippen LogP contribution is -2.45. The van der Waals surface area contributed by atoms with E-state index in [1.807, 2.05) is 32.0 Å². The molecule has 0 unspecified atom stereocenters. The normalized spacial score (nSPS) is 11.5. The molecule has 0 fully saturated rings. The van der Waals surface area contributed by atoms with Crippen molar-refractivity contribution in [1.29, 1.82) is 0 Å². The van der Waals surface area contributed by atoms with E-state index in [2.05, 4.69) is 15.6 Å². The fourth-order valence-corrected chi connectivity index (χ4v) is 2.21. The second kappa shape index (κ2) is 12.7. The number of aliphatic imine (C=N–C) groups is 1. The number of hydrogen-bond donors (Lipinski definition) is 2. The Balaban J connectivity index is 0.00000729. The molecular formula is C18H28F3IN4O2. The van der Waals surface area contributed by atoms with Crippen LogP contribution in [0.15, 0.2) is 23.2 Å². The van der Waals surface area contributed by atoms with Crippen molar-refractivity contribution in [2.75, 3.05) is 33.8 Å². The van der Waals surface area contributed by atoms with Gasteiger partial charge in [-0.15, -0.1) is 24.0 Å². The monoisotopic (exact) mass is 516 g/mol. The molecule has 0 radical (unpaired) electrons. The van der Waals surface area contributed by atoms with Crippen LogP contribution in [-0.4, -0.2) is 56.7 Å². The Labute approximate surface area is 180 Å². The number of hydrogen-bond acceptors (Lipinski definition) is 3. The van der Waals surface area contributed by atoms with Gasteiger partial charge in [0.25, 0.3) is 0 Å². The summed E-state index contributed by atoms with van der Waals surface area (Å²) < 4.78 is 42.7. The van der Waals surface area contributed by atoms with Crippen molar-refractivity contribution < 1.29 is 22.7 Å². The molecule has 1 aromatic carbocycles. The number of amides is 1. The molecule has 0 aliphatic rings. The predicted octanol–water partition coefficient (Wildman–Crippen LogP) is 3.09. The number of nitrogens with one attached hydrogen (secondary N) is 2. The van der Waals surface area contributed by atoms with E-state index in [-0.39, 0.29) is 30.5 Å². The van der Waals surface area contributed by atoms with E-state index < -0.39 is 18.6 Å². The summed E-state index contributed by atoms with van der Waals surface area (Å²) >= 11 is 0. The van der Waals surface area contributed by atoms with Crippen molar-refractivity contribution >= 4 is 35.8 Å². The second-order valence-electron chi connectivity index (χ2n) is 6.10. The van der Waals surface area contributed by atoms with Gasteiger partial charge in [-0.2, -0.15) is 13.2 Å². The first kappa shape index (κ1) is 26.3. The molecule has 0 aliphatic heterocycles. The molecule has 1 amide bonds. The number of nitrogens with zero attached hydrogens (tertiary/aromatic N) is 2. The van der Waals surface area contributed by atoms with Crippen LogP contribution in [0.5, 0.6) is 5.75 Å². The fraction of sp³-hybridized carbons (Fsp3) is 0.556. The van der Waals surface area contributed by atoms with Gasteiger partial charge in [-0.05, 0) is 25.0 Å². The SMILES string of the molecule is CCCOc1cc(C)ccc1CNC(=NC)NCC(=O)N(C)CC(F)(F)F.I. The zero-order valence-electron chi connectivity index (χ0n) is 16.5. The second-order valence-corrected chi connectivity index (χ2v) is 6.10. The van der Waals surface area contributed by atoms with Gasteiger partial charge in [0.15, 0.2) is 5.96 Å². The number of carbonyl (C=O) groups excluding carboxylic acids is 1. The van der Waals surface area contributed by atoms with Crippen LogP contribution in [0.25, 0.3) is 0 Å². The number of guanidine groups is 1. The maximum atomic E-state index is 12.3. The highest BCUT2D eigenvalue weighted by Gasteiger charge is 2.31. The van der Waals surface area contributed by atoms with Crippen LogP contribution in [0.2, 0.25) is 0 Å². The lowest BCUT2D eigenvalue weighted by molar-refractivity contribution is -0.157. The first-order valence-corrected chi connectivity index (χ1v) is 8.63. The maximum absolute atomic E-state index is 12.3. The summed E-state index contributed by atoms with van der Waals surface area (Å²) in [5.74, 6) is 0.393. The maximum Gasteiger partial charge on any atom is 0.406 e. The molecule has 6 nitrogen and oxygen atoms in total. The minimum absolute atomic E-state index is 0. The first-order chi connectivity index (χ1) is 12.7. The largest absolute Gasteiger partial charge is 0.493 e. The quantitative estimate of drug-likeness (QED) is 0.317. The molecule has 2 N–H and O–H groups in total. The van der Waals surface area contributed by atoms with Gasteiger partial charge < -0.3 is 20.3 Å². The highest BCUT2D eigenvalue weighted by molar-refractivity contribution is 14.0. The number of aryl methyl sites for hydroxylation is 1. The van der Waals surface area contributed by atoms with Gasteiger partial charge in [-0.3, -0.25) is 9.79 Å². The Bertz CT molecular complexity index is 654. The van der Waals surface area contributed by atoms with Crippen LogP contribution in [0.1, 0.15) is 24.5 Å². The van der Waals surface area contributed by atoms with Crippen molar-refractivity contribution in [3.8, 4) is 5.75 Å². The van der Waals surface area contributed by atoms with Crippen molar-refractivity contribution in [2.24, 2.45) is 4.99 Å². The van der Waals surface area contributed by atoms with Gasteiger partial charge in [0.1, 0.15) is 12.3 Å². The van der Waals surface area contributed by atoms with Gasteiger partial charge in [0.05, 0.1) is 13.2 Å². The smallest absolute Gasteiger partial charge is 0.406 e. The van der Waals surface area contributed by atoms with Crippen molar-refractivity contribution in [3.63, 3.8) is 0 Å². The summed E-state index contributed by atoms with van der Waals surface area (Å²) in [6, 6.07) is 5.84. The molecule has 1 aromatic rings. The topological polar surface area (TPSA) is 66.0 Å². The number of ether oxygens (including phenoxy) is 1. The van der Waals surface area contributed by atoms with Crippen LogP contribution in [-0.2, 0) is 11.3 Å². The van der Waals surface area contributed by atoms with E-state index in [0.717, 1.165) is 30.3 Å². The van der Waals surface area contributed by atoms with Crippen LogP contribution < -0.4 is 15.4 Å². The molecule has 0 bridgehead atoms. The van der Waals surface area contributed by atoms with Crippen molar-refractivity contribution in [2.45, 2.75) is 33.0 Å². The van der Waals surface area contributed by atoms with Gasteiger partial charge in [-0.25, -0.2) is 0 Å². The summed E-state index contributed by atoms with van der Waals surface area (Å²) in [6.45, 7) is 3.40. The van der Waals surface area contributed by atoms with E-state index >= 15 is 0 Å². The number of rotatable bonds is 8. The standard InChI is InChI=1S/C18H27F3N4O2.HI/c1-5-8-27-15-9-13(2)6-7-14(15)10-23-17(22-3)24-11-16(26)25(4)12-18(19,20)21;/h6-7,9H,5,8,10-12H2,1-4H3,(H2,22,23,24);1H. The summed E-state index contributed by atoms with van der Waals surface area (Å²) in [4.78, 5) is 16.4. The molecule has 0 spiro atoms. The summed E-state index contributed by atoms with van der Waals surface area (Å²) in [7, 11) is 2.63. The van der Waals surface area contributed by atoms with Gasteiger partial charge >= 0.3 is 6.18 Å². The molecule has 28 heavy (non-hydrogen) atoms. The molecule has 1 rings (SSSR count).